The largest absolute Gasteiger partial charge is 0.395 e. The van der Waals surface area contributed by atoms with E-state index in [1.807, 2.05) is 37.4 Å². The Bertz CT molecular complexity index is 560. The molecule has 2 N–H and O–H groups in total. The molecular weight excluding hydrogens is 284 g/mol. The molecule has 0 fully saturated rings. The van der Waals surface area contributed by atoms with Crippen molar-refractivity contribution in [1.29, 1.82) is 0 Å². The summed E-state index contributed by atoms with van der Waals surface area (Å²) in [5.41, 5.74) is 3.30. The molecule has 0 spiro atoms. The summed E-state index contributed by atoms with van der Waals surface area (Å²) in [7, 11) is 1.91. The van der Waals surface area contributed by atoms with Crippen LogP contribution in [0.25, 0.3) is 0 Å². The lowest BCUT2D eigenvalue weighted by Gasteiger charge is -2.25. The first-order chi connectivity index (χ1) is 10.2. The summed E-state index contributed by atoms with van der Waals surface area (Å²) in [5, 5.41) is 13.1. The van der Waals surface area contributed by atoms with E-state index in [1.54, 1.807) is 0 Å². The van der Waals surface area contributed by atoms with E-state index in [0.29, 0.717) is 11.6 Å². The number of aliphatic hydroxyl groups is 1. The van der Waals surface area contributed by atoms with Gasteiger partial charge in [0.05, 0.1) is 17.3 Å². The van der Waals surface area contributed by atoms with Gasteiger partial charge in [0.1, 0.15) is 0 Å². The molecule has 21 heavy (non-hydrogen) atoms. The highest BCUT2D eigenvalue weighted by Gasteiger charge is 2.11. The smallest absolute Gasteiger partial charge is 0.0642 e. The maximum atomic E-state index is 9.31. The summed E-state index contributed by atoms with van der Waals surface area (Å²) in [6.07, 6.45) is 0. The average molecular weight is 305 g/mol. The molecule has 0 heterocycles. The van der Waals surface area contributed by atoms with E-state index in [4.69, 9.17) is 11.6 Å². The van der Waals surface area contributed by atoms with E-state index in [0.717, 1.165) is 24.3 Å². The van der Waals surface area contributed by atoms with Crippen molar-refractivity contribution in [2.24, 2.45) is 0 Å². The van der Waals surface area contributed by atoms with E-state index >= 15 is 0 Å². The van der Waals surface area contributed by atoms with Gasteiger partial charge in [-0.05, 0) is 30.3 Å². The Hall–Kier alpha value is -1.55. The zero-order chi connectivity index (χ0) is 15.1. The first-order valence-electron chi connectivity index (χ1n) is 7.07. The van der Waals surface area contributed by atoms with Gasteiger partial charge in [-0.2, -0.15) is 0 Å². The summed E-state index contributed by atoms with van der Waals surface area (Å²) in [6.45, 7) is 2.17. The van der Waals surface area contributed by atoms with Crippen LogP contribution in [0.2, 0.25) is 5.02 Å². The molecule has 0 bridgehead atoms. The quantitative estimate of drug-likeness (QED) is 0.825. The molecule has 0 unspecified atom stereocenters. The van der Waals surface area contributed by atoms with Crippen LogP contribution in [0.4, 0.5) is 5.69 Å². The van der Waals surface area contributed by atoms with Crippen LogP contribution in [-0.2, 0) is 13.1 Å². The summed E-state index contributed by atoms with van der Waals surface area (Å²) in [5.74, 6) is 0. The third kappa shape index (κ3) is 4.46. The highest BCUT2D eigenvalue weighted by Crippen LogP contribution is 2.28. The molecule has 2 aromatic carbocycles. The Morgan fingerprint density at radius 1 is 1.10 bits per heavy atom. The lowest BCUT2D eigenvalue weighted by atomic mass is 10.1. The van der Waals surface area contributed by atoms with Crippen LogP contribution in [0.5, 0.6) is 0 Å². The molecule has 0 saturated carbocycles. The monoisotopic (exact) mass is 304 g/mol. The second-order valence-corrected chi connectivity index (χ2v) is 5.35. The minimum absolute atomic E-state index is 0.0986. The molecule has 0 aliphatic rings. The van der Waals surface area contributed by atoms with E-state index < -0.39 is 0 Å². The molecule has 112 valence electrons. The van der Waals surface area contributed by atoms with E-state index in [1.165, 1.54) is 5.56 Å². The number of nitrogens with one attached hydrogen (secondary N) is 1. The lowest BCUT2D eigenvalue weighted by Crippen LogP contribution is -2.26. The number of benzene rings is 2. The topological polar surface area (TPSA) is 35.5 Å². The normalized spacial score (nSPS) is 10.6. The Morgan fingerprint density at radius 3 is 2.48 bits per heavy atom. The number of nitrogens with zero attached hydrogens (tertiary/aromatic N) is 1. The number of aliphatic hydroxyl groups excluding tert-OH is 1. The Balaban J connectivity index is 2.21. The van der Waals surface area contributed by atoms with E-state index in [-0.39, 0.29) is 6.61 Å². The predicted octanol–water partition coefficient (Wildman–Crippen LogP) is 3.06. The maximum Gasteiger partial charge on any atom is 0.0642 e. The van der Waals surface area contributed by atoms with E-state index in [9.17, 15) is 5.11 Å². The van der Waals surface area contributed by atoms with Gasteiger partial charge in [0.25, 0.3) is 0 Å². The summed E-state index contributed by atoms with van der Waals surface area (Å²) >= 11 is 6.41. The van der Waals surface area contributed by atoms with Gasteiger partial charge >= 0.3 is 0 Å². The molecule has 0 aliphatic carbocycles. The highest BCUT2D eigenvalue weighted by molar-refractivity contribution is 6.33. The van der Waals surface area contributed by atoms with Gasteiger partial charge in [-0.15, -0.1) is 0 Å². The Kier molecular flexibility index (Phi) is 6.05. The molecule has 4 heteroatoms. The van der Waals surface area contributed by atoms with Crippen LogP contribution in [0, 0.1) is 0 Å². The van der Waals surface area contributed by atoms with Gasteiger partial charge in [-0.1, -0.05) is 48.0 Å². The molecule has 2 aromatic rings. The van der Waals surface area contributed by atoms with Crippen LogP contribution in [0.1, 0.15) is 11.1 Å². The van der Waals surface area contributed by atoms with Crippen molar-refractivity contribution in [2.75, 3.05) is 25.1 Å². The highest BCUT2D eigenvalue weighted by atomic mass is 35.5. The zero-order valence-electron chi connectivity index (χ0n) is 12.2. The third-order valence-electron chi connectivity index (χ3n) is 3.32. The summed E-state index contributed by atoms with van der Waals surface area (Å²) in [4.78, 5) is 2.10. The molecule has 3 nitrogen and oxygen atoms in total. The maximum absolute atomic E-state index is 9.31. The van der Waals surface area contributed by atoms with Crippen LogP contribution in [0.15, 0.2) is 48.5 Å². The lowest BCUT2D eigenvalue weighted by molar-refractivity contribution is 0.301. The number of anilines is 1. The average Bonchev–Trinajstić information content (AvgIpc) is 2.48. The summed E-state index contributed by atoms with van der Waals surface area (Å²) in [6, 6.07) is 16.2. The molecule has 2 rings (SSSR count). The molecule has 0 aromatic heterocycles. The third-order valence-corrected chi connectivity index (χ3v) is 3.62. The van der Waals surface area contributed by atoms with Crippen molar-refractivity contribution in [3.8, 4) is 0 Å². The van der Waals surface area contributed by atoms with Crippen LogP contribution in [-0.4, -0.2) is 25.3 Å². The second-order valence-electron chi connectivity index (χ2n) is 4.95. The van der Waals surface area contributed by atoms with Gasteiger partial charge in [0, 0.05) is 19.6 Å². The molecule has 0 atom stereocenters. The van der Waals surface area contributed by atoms with Gasteiger partial charge in [0.15, 0.2) is 0 Å². The van der Waals surface area contributed by atoms with Crippen molar-refractivity contribution in [2.45, 2.75) is 13.1 Å². The standard InChI is InChI=1S/C17H21ClN2O/c1-19-12-15-7-8-17(16(18)11-15)20(9-10-21)13-14-5-3-2-4-6-14/h2-8,11,19,21H,9-10,12-13H2,1H3. The van der Waals surface area contributed by atoms with Gasteiger partial charge < -0.3 is 15.3 Å². The minimum Gasteiger partial charge on any atom is -0.395 e. The first kappa shape index (κ1) is 15.8. The van der Waals surface area contributed by atoms with Gasteiger partial charge in [-0.3, -0.25) is 0 Å². The van der Waals surface area contributed by atoms with Gasteiger partial charge in [-0.25, -0.2) is 0 Å². The van der Waals surface area contributed by atoms with Gasteiger partial charge in [0.2, 0.25) is 0 Å². The fourth-order valence-electron chi connectivity index (χ4n) is 2.33. The second kappa shape index (κ2) is 8.03. The number of hydrogen-bond donors (Lipinski definition) is 2. The van der Waals surface area contributed by atoms with Crippen molar-refractivity contribution >= 4 is 17.3 Å². The number of hydrogen-bond acceptors (Lipinski definition) is 3. The minimum atomic E-state index is 0.0986. The predicted molar refractivity (Wildman–Crippen MR) is 88.8 cm³/mol. The van der Waals surface area contributed by atoms with Crippen LogP contribution < -0.4 is 10.2 Å². The molecular formula is C17H21ClN2O. The molecule has 0 aliphatic heterocycles. The van der Waals surface area contributed by atoms with E-state index in [2.05, 4.69) is 28.4 Å². The SMILES string of the molecule is CNCc1ccc(N(CCO)Cc2ccccc2)c(Cl)c1. The Labute approximate surface area is 131 Å². The zero-order valence-corrected chi connectivity index (χ0v) is 13.0. The Morgan fingerprint density at radius 2 is 1.86 bits per heavy atom. The van der Waals surface area contributed by atoms with Crippen molar-refractivity contribution in [3.05, 3.63) is 64.7 Å². The summed E-state index contributed by atoms with van der Waals surface area (Å²) < 4.78 is 0. The van der Waals surface area contributed by atoms with Crippen molar-refractivity contribution < 1.29 is 5.11 Å². The fraction of sp³-hybridized carbons (Fsp3) is 0.294. The first-order valence-corrected chi connectivity index (χ1v) is 7.45. The van der Waals surface area contributed by atoms with Crippen molar-refractivity contribution in [1.82, 2.24) is 5.32 Å². The van der Waals surface area contributed by atoms with Crippen LogP contribution in [0.3, 0.4) is 0 Å². The molecule has 0 radical (unpaired) electrons. The number of halogens is 1. The fourth-order valence-corrected chi connectivity index (χ4v) is 2.65. The van der Waals surface area contributed by atoms with Crippen molar-refractivity contribution in [3.63, 3.8) is 0 Å². The van der Waals surface area contributed by atoms with Crippen LogP contribution >= 0.6 is 11.6 Å². The molecule has 0 amide bonds. The number of rotatable bonds is 7. The molecule has 0 saturated heterocycles.